The maximum atomic E-state index is 11.6. The van der Waals surface area contributed by atoms with Gasteiger partial charge < -0.3 is 90.9 Å². The SMILES string of the molecule is C.COc1cc(N(C)CCCC(=O)O)cc(OC)c1C(c1c(OC)cc(N(C)CCS(=O)(=O)O)cc1OC)c1c(OC)cc(N(C)CCS(=O)(=O)O)cc1OC.COc1cc(OC)c(C(c2c(OC)cc(OC)cc2OC)c2c(OC)cc(OC)cc2OC)c(OC)c1. The lowest BCUT2D eigenvalue weighted by atomic mass is 9.81. The quantitative estimate of drug-likeness (QED) is 0.0250. The summed E-state index contributed by atoms with van der Waals surface area (Å²) in [7, 11) is 19.7. The molecule has 0 saturated carbocycles. The topological polar surface area (TPSA) is 294 Å². The third kappa shape index (κ3) is 18.6. The molecule has 0 fully saturated rings. The lowest BCUT2D eigenvalue weighted by Crippen LogP contribution is -2.25. The van der Waals surface area contributed by atoms with Crippen molar-refractivity contribution in [3.8, 4) is 86.2 Å². The molecule has 0 unspecified atom stereocenters. The molecule has 28 heteroatoms. The van der Waals surface area contributed by atoms with Gasteiger partial charge in [-0.05, 0) is 6.42 Å². The van der Waals surface area contributed by atoms with Gasteiger partial charge in [-0.1, -0.05) is 7.43 Å². The summed E-state index contributed by atoms with van der Waals surface area (Å²) in [5, 5.41) is 9.19. The van der Waals surface area contributed by atoms with Crippen LogP contribution in [0.5, 0.6) is 86.2 Å². The maximum Gasteiger partial charge on any atom is 0.303 e. The first kappa shape index (κ1) is 76.5. The molecule has 514 valence electrons. The number of carboxylic acid groups (broad SMARTS) is 1. The van der Waals surface area contributed by atoms with Crippen molar-refractivity contribution in [2.75, 3.05) is 174 Å². The largest absolute Gasteiger partial charge is 0.496 e. The van der Waals surface area contributed by atoms with Crippen LogP contribution in [0.25, 0.3) is 0 Å². The number of aliphatic carboxylic acids is 1. The number of rotatable bonds is 34. The van der Waals surface area contributed by atoms with Gasteiger partial charge in [-0.25, -0.2) is 0 Å². The predicted octanol–water partition coefficient (Wildman–Crippen LogP) is 9.45. The minimum absolute atomic E-state index is 0. The molecule has 26 nitrogen and oxygen atoms in total. The van der Waals surface area contributed by atoms with E-state index < -0.39 is 49.5 Å². The van der Waals surface area contributed by atoms with Crippen molar-refractivity contribution in [2.45, 2.75) is 32.1 Å². The zero-order valence-electron chi connectivity index (χ0n) is 55.2. The first-order valence-electron chi connectivity index (χ1n) is 28.2. The molecule has 0 spiro atoms. The standard InChI is InChI=1S/C36H51N3O14S2.C28H34O9.CH4/c1-37(12-10-11-32(40)41)23-17-26(48-4)33(27(18-23)49-5)36(34-28(50-6)19-24(20-29(34)51-7)38(2)13-15-54(42,43)44)35-30(52-8)21-25(22-31(35)53-9)39(3)14-16-55(45,46)47;1-29-16-10-19(32-4)25(20(11-16)33-5)28(26-21(34-6)12-17(30-2)13-22(26)35-7)27-23(36-8)14-18(31-3)15-24(27)37-9;/h17-22,36H,10-16H2,1-9H3,(H,40,41)(H,42,43,44)(H,45,46,47);10-15,28H,1-9H3;1H4. The fraction of sp³-hybridized carbons (Fsp3) is 0.431. The van der Waals surface area contributed by atoms with Gasteiger partial charge in [0, 0.05) is 170 Å². The molecule has 6 rings (SSSR count). The van der Waals surface area contributed by atoms with Gasteiger partial charge in [-0.15, -0.1) is 0 Å². The zero-order chi connectivity index (χ0) is 68.4. The van der Waals surface area contributed by atoms with E-state index in [1.807, 2.05) is 11.9 Å². The van der Waals surface area contributed by atoms with Crippen LogP contribution in [0.4, 0.5) is 17.1 Å². The molecule has 3 N–H and O–H groups in total. The molecular formula is C65H89N3O23S2. The highest BCUT2D eigenvalue weighted by Gasteiger charge is 2.39. The first-order valence-corrected chi connectivity index (χ1v) is 31.4. The van der Waals surface area contributed by atoms with Crippen molar-refractivity contribution >= 4 is 43.3 Å². The molecule has 0 amide bonds. The molecule has 6 aromatic carbocycles. The van der Waals surface area contributed by atoms with E-state index in [1.54, 1.807) is 161 Å². The van der Waals surface area contributed by atoms with E-state index in [0.29, 0.717) is 150 Å². The number of methoxy groups -OCH3 is 15. The lowest BCUT2D eigenvalue weighted by Gasteiger charge is -2.31. The van der Waals surface area contributed by atoms with Crippen LogP contribution >= 0.6 is 0 Å². The molecule has 0 aromatic heterocycles. The number of benzene rings is 6. The average Bonchev–Trinajstić information content (AvgIpc) is 0.758. The molecule has 0 heterocycles. The summed E-state index contributed by atoms with van der Waals surface area (Å²) in [6, 6.07) is 21.1. The molecule has 0 aliphatic carbocycles. The van der Waals surface area contributed by atoms with E-state index in [4.69, 9.17) is 71.1 Å². The number of ether oxygens (including phenoxy) is 15. The summed E-state index contributed by atoms with van der Waals surface area (Å²) in [4.78, 5) is 16.3. The number of carbonyl (C=O) groups is 1. The van der Waals surface area contributed by atoms with Crippen molar-refractivity contribution < 1.29 is 107 Å². The number of nitrogens with zero attached hydrogens (tertiary/aromatic N) is 3. The second kappa shape index (κ2) is 34.6. The average molecular weight is 1340 g/mol. The Kier molecular flexibility index (Phi) is 28.5. The third-order valence-corrected chi connectivity index (χ3v) is 16.6. The van der Waals surface area contributed by atoms with Gasteiger partial charge >= 0.3 is 5.97 Å². The Labute approximate surface area is 546 Å². The smallest absolute Gasteiger partial charge is 0.303 e. The molecule has 0 bridgehead atoms. The van der Waals surface area contributed by atoms with Crippen molar-refractivity contribution in [1.29, 1.82) is 0 Å². The minimum Gasteiger partial charge on any atom is -0.496 e. The zero-order valence-corrected chi connectivity index (χ0v) is 56.8. The number of hydrogen-bond acceptors (Lipinski definition) is 23. The first-order chi connectivity index (χ1) is 43.8. The summed E-state index contributed by atoms with van der Waals surface area (Å²) in [6.07, 6.45) is 0.375. The Morgan fingerprint density at radius 1 is 0.344 bits per heavy atom. The van der Waals surface area contributed by atoms with Crippen molar-refractivity contribution in [3.05, 3.63) is 106 Å². The highest BCUT2D eigenvalue weighted by molar-refractivity contribution is 7.86. The Balaban J connectivity index is 0.000000422. The van der Waals surface area contributed by atoms with E-state index >= 15 is 0 Å². The maximum absolute atomic E-state index is 11.6. The summed E-state index contributed by atoms with van der Waals surface area (Å²) in [6.45, 7) is 0.320. The Morgan fingerprint density at radius 2 is 0.527 bits per heavy atom. The highest BCUT2D eigenvalue weighted by Crippen LogP contribution is 2.57. The second-order valence-corrected chi connectivity index (χ2v) is 23.5. The van der Waals surface area contributed by atoms with Crippen molar-refractivity contribution in [3.63, 3.8) is 0 Å². The van der Waals surface area contributed by atoms with Crippen molar-refractivity contribution in [1.82, 2.24) is 0 Å². The predicted molar refractivity (Wildman–Crippen MR) is 355 cm³/mol. The summed E-state index contributed by atoms with van der Waals surface area (Å²) in [5.74, 6) is 3.23. The van der Waals surface area contributed by atoms with Gasteiger partial charge in [0.2, 0.25) is 0 Å². The molecule has 0 atom stereocenters. The van der Waals surface area contributed by atoms with E-state index in [1.165, 1.54) is 42.7 Å². The van der Waals surface area contributed by atoms with Crippen LogP contribution in [0.2, 0.25) is 0 Å². The minimum atomic E-state index is -4.26. The number of anilines is 3. The van der Waals surface area contributed by atoms with Crippen LogP contribution in [0, 0.1) is 0 Å². The van der Waals surface area contributed by atoms with Gasteiger partial charge in [0.1, 0.15) is 86.2 Å². The van der Waals surface area contributed by atoms with Crippen LogP contribution in [-0.4, -0.2) is 196 Å². The van der Waals surface area contributed by atoms with E-state index in [-0.39, 0.29) is 26.9 Å². The van der Waals surface area contributed by atoms with E-state index in [9.17, 15) is 35.8 Å². The fourth-order valence-corrected chi connectivity index (χ4v) is 11.5. The van der Waals surface area contributed by atoms with Gasteiger partial charge in [-0.2, -0.15) is 16.8 Å². The third-order valence-electron chi connectivity index (χ3n) is 15.2. The molecule has 0 aliphatic heterocycles. The Bertz CT molecular complexity index is 3310. The second-order valence-electron chi connectivity index (χ2n) is 20.3. The van der Waals surface area contributed by atoms with Gasteiger partial charge in [0.05, 0.1) is 130 Å². The summed E-state index contributed by atoms with van der Waals surface area (Å²) in [5.41, 5.74) is 5.11. The van der Waals surface area contributed by atoms with Crippen LogP contribution in [0.3, 0.4) is 0 Å². The van der Waals surface area contributed by atoms with Crippen LogP contribution in [0.15, 0.2) is 72.8 Å². The fourth-order valence-electron chi connectivity index (χ4n) is 10.5. The Morgan fingerprint density at radius 3 is 0.688 bits per heavy atom. The molecule has 93 heavy (non-hydrogen) atoms. The van der Waals surface area contributed by atoms with E-state index in [2.05, 4.69) is 0 Å². The Hall–Kier alpha value is -8.99. The summed E-state index contributed by atoms with van der Waals surface area (Å²) >= 11 is 0. The monoisotopic (exact) mass is 1340 g/mol. The lowest BCUT2D eigenvalue weighted by molar-refractivity contribution is -0.137. The highest BCUT2D eigenvalue weighted by atomic mass is 32.2. The van der Waals surface area contributed by atoms with E-state index in [0.717, 1.165) is 0 Å². The van der Waals surface area contributed by atoms with Crippen molar-refractivity contribution in [2.24, 2.45) is 0 Å². The number of hydrogen-bond donors (Lipinski definition) is 3. The molecule has 0 saturated heterocycles. The number of carboxylic acids is 1. The molecule has 6 aromatic rings. The normalized spacial score (nSPS) is 11.0. The molecular weight excluding hydrogens is 1250 g/mol. The van der Waals surface area contributed by atoms with Crippen LogP contribution in [-0.2, 0) is 25.0 Å². The van der Waals surface area contributed by atoms with Gasteiger partial charge in [0.15, 0.2) is 0 Å². The van der Waals surface area contributed by atoms with Gasteiger partial charge in [0.25, 0.3) is 20.2 Å². The van der Waals surface area contributed by atoms with Gasteiger partial charge in [-0.3, -0.25) is 13.9 Å². The molecule has 0 aliphatic rings. The summed E-state index contributed by atoms with van der Waals surface area (Å²) < 4.78 is 153. The molecule has 0 radical (unpaired) electrons. The van der Waals surface area contributed by atoms with Crippen LogP contribution in [0.1, 0.15) is 65.5 Å². The van der Waals surface area contributed by atoms with Crippen LogP contribution < -0.4 is 85.8 Å².